The van der Waals surface area contributed by atoms with Crippen LogP contribution in [0, 0.1) is 5.82 Å². The third-order valence-corrected chi connectivity index (χ3v) is 5.46. The molecule has 1 aromatic heterocycles. The molecule has 0 N–H and O–H groups in total. The molecular formula is C23H18FN3O5S. The Hall–Kier alpha value is -4.05. The molecule has 0 aliphatic carbocycles. The Morgan fingerprint density at radius 3 is 2.48 bits per heavy atom. The molecule has 3 aromatic rings. The van der Waals surface area contributed by atoms with Crippen LogP contribution in [0.25, 0.3) is 6.08 Å². The van der Waals surface area contributed by atoms with Crippen LogP contribution in [0.5, 0.6) is 11.5 Å². The molecule has 0 saturated heterocycles. The number of para-hydroxylation sites is 1. The molecule has 0 radical (unpaired) electrons. The quantitative estimate of drug-likeness (QED) is 0.396. The van der Waals surface area contributed by atoms with Crippen LogP contribution in [0.1, 0.15) is 18.2 Å². The lowest BCUT2D eigenvalue weighted by atomic mass is 10.2. The highest BCUT2D eigenvalue weighted by Gasteiger charge is 2.26. The van der Waals surface area contributed by atoms with E-state index in [0.29, 0.717) is 22.8 Å². The summed E-state index contributed by atoms with van der Waals surface area (Å²) < 4.78 is 30.0. The number of thiazole rings is 1. The Morgan fingerprint density at radius 2 is 1.85 bits per heavy atom. The molecule has 0 bridgehead atoms. The van der Waals surface area contributed by atoms with Crippen molar-refractivity contribution < 1.29 is 28.2 Å². The zero-order valence-electron chi connectivity index (χ0n) is 17.9. The number of hydrogen-bond donors (Lipinski definition) is 0. The van der Waals surface area contributed by atoms with Gasteiger partial charge in [-0.2, -0.15) is 0 Å². The van der Waals surface area contributed by atoms with Crippen molar-refractivity contribution in [1.82, 2.24) is 4.98 Å². The number of rotatable bonds is 6. The molecule has 4 rings (SSSR count). The predicted molar refractivity (Wildman–Crippen MR) is 121 cm³/mol. The molecule has 1 aliphatic rings. The van der Waals surface area contributed by atoms with E-state index in [1.807, 2.05) is 0 Å². The summed E-state index contributed by atoms with van der Waals surface area (Å²) in [6.07, 6.45) is 1.44. The molecule has 1 aliphatic heterocycles. The van der Waals surface area contributed by atoms with Gasteiger partial charge in [-0.15, -0.1) is 11.3 Å². The molecule has 0 atom stereocenters. The van der Waals surface area contributed by atoms with Crippen LogP contribution in [0.3, 0.4) is 0 Å². The van der Waals surface area contributed by atoms with E-state index in [1.165, 1.54) is 50.3 Å². The van der Waals surface area contributed by atoms with Crippen LogP contribution in [0.15, 0.2) is 58.5 Å². The van der Waals surface area contributed by atoms with E-state index >= 15 is 0 Å². The maximum Gasteiger partial charge on any atom is 0.363 e. The third-order valence-electron chi connectivity index (χ3n) is 4.61. The van der Waals surface area contributed by atoms with E-state index < -0.39 is 17.7 Å². The molecule has 33 heavy (non-hydrogen) atoms. The fourth-order valence-corrected chi connectivity index (χ4v) is 3.93. The van der Waals surface area contributed by atoms with Gasteiger partial charge in [-0.05, 0) is 30.3 Å². The summed E-state index contributed by atoms with van der Waals surface area (Å²) >= 11 is 1.13. The summed E-state index contributed by atoms with van der Waals surface area (Å²) in [6, 6.07) is 10.9. The van der Waals surface area contributed by atoms with Gasteiger partial charge in [0.25, 0.3) is 0 Å². The van der Waals surface area contributed by atoms with Gasteiger partial charge in [0.2, 0.25) is 11.8 Å². The second kappa shape index (κ2) is 9.21. The zero-order chi connectivity index (χ0) is 23.5. The van der Waals surface area contributed by atoms with E-state index in [0.717, 1.165) is 11.3 Å². The molecule has 168 valence electrons. The third kappa shape index (κ3) is 4.60. The lowest BCUT2D eigenvalue weighted by Gasteiger charge is -2.18. The first kappa shape index (κ1) is 22.2. The van der Waals surface area contributed by atoms with E-state index in [-0.39, 0.29) is 22.4 Å². The number of carbonyl (C=O) groups is 2. The average molecular weight is 467 g/mol. The van der Waals surface area contributed by atoms with Gasteiger partial charge in [0.05, 0.1) is 25.6 Å². The maximum absolute atomic E-state index is 14.3. The normalized spacial score (nSPS) is 14.1. The van der Waals surface area contributed by atoms with Gasteiger partial charge in [-0.3, -0.25) is 9.69 Å². The predicted octanol–water partition coefficient (Wildman–Crippen LogP) is 4.33. The number of ether oxygens (including phenoxy) is 3. The topological polar surface area (TPSA) is 90.3 Å². The van der Waals surface area contributed by atoms with Gasteiger partial charge in [0, 0.05) is 23.9 Å². The molecule has 0 saturated carbocycles. The van der Waals surface area contributed by atoms with Gasteiger partial charge in [0.15, 0.2) is 10.8 Å². The Morgan fingerprint density at radius 1 is 1.15 bits per heavy atom. The fourth-order valence-electron chi connectivity index (χ4n) is 3.09. The van der Waals surface area contributed by atoms with Gasteiger partial charge >= 0.3 is 5.97 Å². The van der Waals surface area contributed by atoms with Crippen molar-refractivity contribution in [2.24, 2.45) is 4.99 Å². The first-order chi connectivity index (χ1) is 15.9. The van der Waals surface area contributed by atoms with Crippen LogP contribution in [-0.4, -0.2) is 37.0 Å². The van der Waals surface area contributed by atoms with E-state index in [9.17, 15) is 14.0 Å². The Labute approximate surface area is 192 Å². The Kier molecular flexibility index (Phi) is 6.18. The molecule has 2 heterocycles. The van der Waals surface area contributed by atoms with Crippen LogP contribution in [-0.2, 0) is 14.3 Å². The minimum atomic E-state index is -0.654. The van der Waals surface area contributed by atoms with Crippen molar-refractivity contribution in [3.8, 4) is 11.5 Å². The number of anilines is 2. The summed E-state index contributed by atoms with van der Waals surface area (Å²) in [5.41, 5.74) is 0.997. The molecule has 0 unspecified atom stereocenters. The summed E-state index contributed by atoms with van der Waals surface area (Å²) in [7, 11) is 3.02. The van der Waals surface area contributed by atoms with E-state index in [1.54, 1.807) is 29.6 Å². The number of halogens is 1. The summed E-state index contributed by atoms with van der Waals surface area (Å²) in [5.74, 6) is -0.481. The molecule has 2 aromatic carbocycles. The number of cyclic esters (lactones) is 1. The summed E-state index contributed by atoms with van der Waals surface area (Å²) in [6.45, 7) is 1.32. The number of amides is 1. The highest BCUT2D eigenvalue weighted by molar-refractivity contribution is 7.14. The van der Waals surface area contributed by atoms with Gasteiger partial charge in [0.1, 0.15) is 17.3 Å². The average Bonchev–Trinajstić information content (AvgIpc) is 3.41. The highest BCUT2D eigenvalue weighted by atomic mass is 32.1. The largest absolute Gasteiger partial charge is 0.497 e. The van der Waals surface area contributed by atoms with Crippen LogP contribution < -0.4 is 14.4 Å². The van der Waals surface area contributed by atoms with Crippen LogP contribution >= 0.6 is 11.3 Å². The van der Waals surface area contributed by atoms with Crippen molar-refractivity contribution in [3.63, 3.8) is 0 Å². The first-order valence-corrected chi connectivity index (χ1v) is 10.5. The lowest BCUT2D eigenvalue weighted by Crippen LogP contribution is -2.23. The number of benzene rings is 2. The molecule has 0 fully saturated rings. The number of aromatic nitrogens is 1. The monoisotopic (exact) mass is 467 g/mol. The second-order valence-corrected chi connectivity index (χ2v) is 7.63. The molecule has 1 amide bonds. The van der Waals surface area contributed by atoms with E-state index in [2.05, 4.69) is 9.98 Å². The number of aliphatic imine (C=N–C) groups is 1. The SMILES string of the molecule is COc1cc(OC)cc(C2=N/C(=C\c3csc(N(C(C)=O)c4ccccc4F)n3)C(=O)O2)c1. The second-order valence-electron chi connectivity index (χ2n) is 6.80. The minimum Gasteiger partial charge on any atom is -0.497 e. The lowest BCUT2D eigenvalue weighted by molar-refractivity contribution is -0.130. The van der Waals surface area contributed by atoms with Crippen LogP contribution in [0.2, 0.25) is 0 Å². The summed E-state index contributed by atoms with van der Waals surface area (Å²) in [4.78, 5) is 34.4. The highest BCUT2D eigenvalue weighted by Crippen LogP contribution is 2.32. The molecular weight excluding hydrogens is 449 g/mol. The molecule has 8 nitrogen and oxygen atoms in total. The summed E-state index contributed by atoms with van der Waals surface area (Å²) in [5, 5.41) is 1.89. The van der Waals surface area contributed by atoms with Crippen molar-refractivity contribution in [2.75, 3.05) is 19.1 Å². The first-order valence-electron chi connectivity index (χ1n) is 9.66. The Balaban J connectivity index is 1.65. The van der Waals surface area contributed by atoms with Crippen molar-refractivity contribution in [1.29, 1.82) is 0 Å². The number of carbonyl (C=O) groups excluding carboxylic acids is 2. The van der Waals surface area contributed by atoms with Crippen molar-refractivity contribution in [2.45, 2.75) is 6.92 Å². The van der Waals surface area contributed by atoms with Gasteiger partial charge in [-0.25, -0.2) is 19.2 Å². The van der Waals surface area contributed by atoms with E-state index in [4.69, 9.17) is 14.2 Å². The van der Waals surface area contributed by atoms with Crippen LogP contribution in [0.4, 0.5) is 15.2 Å². The van der Waals surface area contributed by atoms with Gasteiger partial charge < -0.3 is 14.2 Å². The Bertz CT molecular complexity index is 1280. The zero-order valence-corrected chi connectivity index (χ0v) is 18.7. The van der Waals surface area contributed by atoms with Crippen molar-refractivity contribution >= 4 is 46.0 Å². The van der Waals surface area contributed by atoms with Crippen molar-refractivity contribution in [3.05, 3.63) is 70.6 Å². The van der Waals surface area contributed by atoms with Gasteiger partial charge in [-0.1, -0.05) is 12.1 Å². The number of nitrogens with zero attached hydrogens (tertiary/aromatic N) is 3. The minimum absolute atomic E-state index is 0.0314. The molecule has 0 spiro atoms. The standard InChI is InChI=1S/C23H18FN3O5S/c1-13(28)27(20-7-5-4-6-18(20)24)23-25-15(12-33-23)10-19-22(29)32-21(26-19)14-8-16(30-2)11-17(9-14)31-3/h4-12H,1-3H3/b19-10-. The number of hydrogen-bond acceptors (Lipinski definition) is 8. The fraction of sp³-hybridized carbons (Fsp3) is 0.130. The smallest absolute Gasteiger partial charge is 0.363 e. The number of esters is 1. The number of methoxy groups -OCH3 is 2. The molecule has 10 heteroatoms. The maximum atomic E-state index is 14.3.